The molecule has 1 saturated carbocycles. The number of guanidine groups is 1. The van der Waals surface area contributed by atoms with E-state index in [-0.39, 0.29) is 5.54 Å². The van der Waals surface area contributed by atoms with Crippen molar-refractivity contribution in [2.45, 2.75) is 63.8 Å². The summed E-state index contributed by atoms with van der Waals surface area (Å²) in [7, 11) is 0. The molecule has 2 aliphatic heterocycles. The van der Waals surface area contributed by atoms with Crippen LogP contribution in [0.2, 0.25) is 0 Å². The van der Waals surface area contributed by atoms with Crippen LogP contribution >= 0.6 is 0 Å². The predicted molar refractivity (Wildman–Crippen MR) is 112 cm³/mol. The summed E-state index contributed by atoms with van der Waals surface area (Å²) in [4.78, 5) is 10.3. The van der Waals surface area contributed by atoms with Gasteiger partial charge in [-0.2, -0.15) is 0 Å². The minimum absolute atomic E-state index is 0.250. The molecule has 0 unspecified atom stereocenters. The van der Waals surface area contributed by atoms with E-state index in [2.05, 4.69) is 27.4 Å². The molecule has 0 aromatic rings. The summed E-state index contributed by atoms with van der Waals surface area (Å²) < 4.78 is 5.60. The molecule has 0 bridgehead atoms. The number of ether oxygens (including phenoxy) is 1. The van der Waals surface area contributed by atoms with E-state index in [0.717, 1.165) is 51.9 Å². The topological polar surface area (TPSA) is 52.1 Å². The summed E-state index contributed by atoms with van der Waals surface area (Å²) in [6.45, 7) is 12.7. The molecule has 6 nitrogen and oxygen atoms in total. The zero-order valence-corrected chi connectivity index (χ0v) is 17.5. The number of nitrogens with one attached hydrogen (secondary N) is 2. The van der Waals surface area contributed by atoms with Crippen LogP contribution in [0.5, 0.6) is 0 Å². The smallest absolute Gasteiger partial charge is 0.191 e. The van der Waals surface area contributed by atoms with Crippen molar-refractivity contribution < 1.29 is 4.74 Å². The zero-order chi connectivity index (χ0) is 18.8. The van der Waals surface area contributed by atoms with E-state index in [0.29, 0.717) is 0 Å². The number of likely N-dealkylation sites (tertiary alicyclic amines) is 1. The lowest BCUT2D eigenvalue weighted by atomic mass is 9.80. The Balaban J connectivity index is 1.52. The molecule has 0 aromatic carbocycles. The van der Waals surface area contributed by atoms with Crippen molar-refractivity contribution >= 4 is 5.96 Å². The van der Waals surface area contributed by atoms with Gasteiger partial charge in [0.1, 0.15) is 0 Å². The normalized spacial score (nSPS) is 24.9. The summed E-state index contributed by atoms with van der Waals surface area (Å²) in [6.07, 6.45) is 10.6. The molecule has 0 atom stereocenters. The van der Waals surface area contributed by atoms with Gasteiger partial charge in [0.25, 0.3) is 0 Å². The molecule has 0 spiro atoms. The highest BCUT2D eigenvalue weighted by molar-refractivity contribution is 5.79. The molecule has 2 heterocycles. The number of aliphatic imine (C=N–C) groups is 1. The van der Waals surface area contributed by atoms with Crippen molar-refractivity contribution in [2.75, 3.05) is 65.6 Å². The lowest BCUT2D eigenvalue weighted by Gasteiger charge is -2.47. The third-order valence-corrected chi connectivity index (χ3v) is 6.48. The molecule has 0 amide bonds. The molecule has 2 saturated heterocycles. The molecule has 0 radical (unpaired) electrons. The molecule has 6 heteroatoms. The first-order valence-electron chi connectivity index (χ1n) is 11.4. The maximum Gasteiger partial charge on any atom is 0.191 e. The van der Waals surface area contributed by atoms with E-state index in [1.54, 1.807) is 0 Å². The molecule has 27 heavy (non-hydrogen) atoms. The second kappa shape index (κ2) is 11.2. The average molecular weight is 380 g/mol. The Labute approximate surface area is 166 Å². The monoisotopic (exact) mass is 379 g/mol. The van der Waals surface area contributed by atoms with Gasteiger partial charge in [-0.3, -0.25) is 9.89 Å². The van der Waals surface area contributed by atoms with Crippen LogP contribution in [0, 0.1) is 0 Å². The minimum Gasteiger partial charge on any atom is -0.379 e. The summed E-state index contributed by atoms with van der Waals surface area (Å²) in [5.41, 5.74) is 0.250. The number of nitrogens with zero attached hydrogens (tertiary/aromatic N) is 3. The van der Waals surface area contributed by atoms with Crippen LogP contribution in [0.15, 0.2) is 4.99 Å². The van der Waals surface area contributed by atoms with Crippen LogP contribution in [0.3, 0.4) is 0 Å². The van der Waals surface area contributed by atoms with Crippen molar-refractivity contribution in [3.63, 3.8) is 0 Å². The summed E-state index contributed by atoms with van der Waals surface area (Å²) >= 11 is 0. The lowest BCUT2D eigenvalue weighted by Crippen LogP contribution is -2.56. The standard InChI is InChI=1S/C21H41N5O/c1-2-22-20(23-11-8-14-25-12-6-7-13-25)24-19-21(9-4-3-5-10-21)26-15-17-27-18-16-26/h2-19H2,1H3,(H2,22,23,24). The van der Waals surface area contributed by atoms with Gasteiger partial charge in [0.2, 0.25) is 0 Å². The van der Waals surface area contributed by atoms with E-state index < -0.39 is 0 Å². The molecule has 2 N–H and O–H groups in total. The van der Waals surface area contributed by atoms with E-state index in [9.17, 15) is 0 Å². The van der Waals surface area contributed by atoms with Gasteiger partial charge >= 0.3 is 0 Å². The molecule has 3 aliphatic rings. The fourth-order valence-corrected chi connectivity index (χ4v) is 4.91. The van der Waals surface area contributed by atoms with Gasteiger partial charge in [0.05, 0.1) is 19.8 Å². The van der Waals surface area contributed by atoms with E-state index >= 15 is 0 Å². The number of rotatable bonds is 8. The van der Waals surface area contributed by atoms with Gasteiger partial charge in [0, 0.05) is 31.7 Å². The van der Waals surface area contributed by atoms with Gasteiger partial charge < -0.3 is 20.3 Å². The molecule has 3 fully saturated rings. The third kappa shape index (κ3) is 6.33. The molecule has 1 aliphatic carbocycles. The van der Waals surface area contributed by atoms with Crippen molar-refractivity contribution in [3.05, 3.63) is 0 Å². The number of morpholine rings is 1. The summed E-state index contributed by atoms with van der Waals surface area (Å²) in [5, 5.41) is 7.03. The predicted octanol–water partition coefficient (Wildman–Crippen LogP) is 2.06. The largest absolute Gasteiger partial charge is 0.379 e. The first-order chi connectivity index (χ1) is 13.3. The van der Waals surface area contributed by atoms with Gasteiger partial charge in [-0.05, 0) is 58.7 Å². The highest BCUT2D eigenvalue weighted by atomic mass is 16.5. The number of hydrogen-bond donors (Lipinski definition) is 2. The third-order valence-electron chi connectivity index (χ3n) is 6.48. The number of hydrogen-bond acceptors (Lipinski definition) is 4. The average Bonchev–Trinajstić information content (AvgIpc) is 3.24. The van der Waals surface area contributed by atoms with Crippen LogP contribution < -0.4 is 10.6 Å². The first kappa shape index (κ1) is 20.9. The van der Waals surface area contributed by atoms with Crippen LogP contribution in [-0.2, 0) is 4.74 Å². The summed E-state index contributed by atoms with van der Waals surface area (Å²) in [6, 6.07) is 0. The molecule has 156 valence electrons. The zero-order valence-electron chi connectivity index (χ0n) is 17.5. The maximum atomic E-state index is 5.60. The quantitative estimate of drug-likeness (QED) is 0.384. The second-order valence-corrected chi connectivity index (χ2v) is 8.41. The SMILES string of the molecule is CCNC(=NCC1(N2CCOCC2)CCCCC1)NCCCN1CCCC1. The lowest BCUT2D eigenvalue weighted by molar-refractivity contribution is -0.0333. The maximum absolute atomic E-state index is 5.60. The van der Waals surface area contributed by atoms with E-state index in [1.165, 1.54) is 71.0 Å². The highest BCUT2D eigenvalue weighted by Crippen LogP contribution is 2.34. The Bertz CT molecular complexity index is 438. The molecule has 0 aromatic heterocycles. The van der Waals surface area contributed by atoms with Gasteiger partial charge in [0.15, 0.2) is 5.96 Å². The Hall–Kier alpha value is -0.850. The Kier molecular flexibility index (Phi) is 8.68. The van der Waals surface area contributed by atoms with E-state index in [4.69, 9.17) is 9.73 Å². The fraction of sp³-hybridized carbons (Fsp3) is 0.952. The first-order valence-corrected chi connectivity index (χ1v) is 11.4. The second-order valence-electron chi connectivity index (χ2n) is 8.41. The molecule has 3 rings (SSSR count). The Morgan fingerprint density at radius 3 is 2.41 bits per heavy atom. The van der Waals surface area contributed by atoms with Crippen LogP contribution in [-0.4, -0.2) is 86.9 Å². The van der Waals surface area contributed by atoms with Gasteiger partial charge in [-0.1, -0.05) is 19.3 Å². The van der Waals surface area contributed by atoms with Crippen molar-refractivity contribution in [2.24, 2.45) is 4.99 Å². The Morgan fingerprint density at radius 2 is 1.70 bits per heavy atom. The van der Waals surface area contributed by atoms with Crippen LogP contribution in [0.1, 0.15) is 58.3 Å². The van der Waals surface area contributed by atoms with E-state index in [1.807, 2.05) is 0 Å². The molecular formula is C21H41N5O. The minimum atomic E-state index is 0.250. The fourth-order valence-electron chi connectivity index (χ4n) is 4.91. The Morgan fingerprint density at radius 1 is 0.963 bits per heavy atom. The van der Waals surface area contributed by atoms with Crippen molar-refractivity contribution in [1.82, 2.24) is 20.4 Å². The van der Waals surface area contributed by atoms with Gasteiger partial charge in [-0.25, -0.2) is 0 Å². The van der Waals surface area contributed by atoms with Crippen LogP contribution in [0.25, 0.3) is 0 Å². The van der Waals surface area contributed by atoms with Crippen molar-refractivity contribution in [3.8, 4) is 0 Å². The van der Waals surface area contributed by atoms with Crippen molar-refractivity contribution in [1.29, 1.82) is 0 Å². The van der Waals surface area contributed by atoms with Crippen LogP contribution in [0.4, 0.5) is 0 Å². The highest BCUT2D eigenvalue weighted by Gasteiger charge is 2.38. The van der Waals surface area contributed by atoms with Gasteiger partial charge in [-0.15, -0.1) is 0 Å². The molecular weight excluding hydrogens is 338 g/mol. The summed E-state index contributed by atoms with van der Waals surface area (Å²) in [5.74, 6) is 0.997.